The van der Waals surface area contributed by atoms with Gasteiger partial charge >= 0.3 is 0 Å². The van der Waals surface area contributed by atoms with Crippen molar-refractivity contribution in [3.8, 4) is 0 Å². The second kappa shape index (κ2) is 7.23. The van der Waals surface area contributed by atoms with E-state index in [0.717, 1.165) is 6.07 Å². The predicted molar refractivity (Wildman–Crippen MR) is 86.2 cm³/mol. The van der Waals surface area contributed by atoms with Gasteiger partial charge in [0.2, 0.25) is 11.9 Å². The number of amides is 1. The molecule has 0 radical (unpaired) electrons. The fraction of sp³-hybridized carbons (Fsp3) is 0.333. The molecule has 25 heavy (non-hydrogen) atoms. The van der Waals surface area contributed by atoms with Gasteiger partial charge in [-0.1, -0.05) is 6.07 Å². The van der Waals surface area contributed by atoms with E-state index in [1.54, 1.807) is 19.1 Å². The smallest absolute Gasteiger partial charge is 0.225 e. The summed E-state index contributed by atoms with van der Waals surface area (Å²) in [6, 6.07) is 5.87. The van der Waals surface area contributed by atoms with Crippen molar-refractivity contribution >= 4 is 5.91 Å². The van der Waals surface area contributed by atoms with E-state index >= 15 is 0 Å². The molecular weight excluding hydrogens is 331 g/mol. The van der Waals surface area contributed by atoms with Crippen molar-refractivity contribution in [2.45, 2.75) is 18.9 Å². The van der Waals surface area contributed by atoms with E-state index in [4.69, 9.17) is 0 Å². The molecular formula is C18H18F3N3O. The van der Waals surface area contributed by atoms with E-state index in [-0.39, 0.29) is 17.4 Å². The first-order chi connectivity index (χ1) is 12.0. The molecule has 1 aliphatic rings. The van der Waals surface area contributed by atoms with Gasteiger partial charge in [-0.3, -0.25) is 4.79 Å². The highest BCUT2D eigenvalue weighted by molar-refractivity contribution is 5.81. The number of hydrogen-bond donors (Lipinski definition) is 2. The van der Waals surface area contributed by atoms with E-state index in [1.165, 1.54) is 18.3 Å². The first-order valence-electron chi connectivity index (χ1n) is 8.03. The highest BCUT2D eigenvalue weighted by Crippen LogP contribution is 2.30. The molecule has 1 unspecified atom stereocenters. The van der Waals surface area contributed by atoms with Crippen LogP contribution in [0, 0.1) is 23.5 Å². The van der Waals surface area contributed by atoms with Crippen molar-refractivity contribution in [1.29, 1.82) is 0 Å². The van der Waals surface area contributed by atoms with Gasteiger partial charge in [0.15, 0.2) is 0 Å². The third-order valence-corrected chi connectivity index (χ3v) is 4.48. The number of hydrogen-bond acceptors (Lipinski definition) is 3. The van der Waals surface area contributed by atoms with Gasteiger partial charge in [-0.25, -0.2) is 13.8 Å². The van der Waals surface area contributed by atoms with Crippen molar-refractivity contribution < 1.29 is 18.0 Å². The summed E-state index contributed by atoms with van der Waals surface area (Å²) in [4.78, 5) is 16.2. The fourth-order valence-corrected chi connectivity index (χ4v) is 3.21. The van der Waals surface area contributed by atoms with Crippen LogP contribution in [0.4, 0.5) is 13.2 Å². The second-order valence-corrected chi connectivity index (χ2v) is 6.19. The van der Waals surface area contributed by atoms with Gasteiger partial charge in [-0.05, 0) is 30.7 Å². The minimum atomic E-state index is -0.674. The number of carbonyl (C=O) groups is 1. The SMILES string of the molecule is CC(NC(=O)[C@@H]1CNC[C@H]1c1cc(F)cc(F)c1)c1cccnc1F. The Bertz CT molecular complexity index is 764. The molecule has 0 aliphatic carbocycles. The molecule has 0 spiro atoms. The first-order valence-corrected chi connectivity index (χ1v) is 8.03. The molecule has 132 valence electrons. The van der Waals surface area contributed by atoms with E-state index < -0.39 is 29.5 Å². The normalized spacial score (nSPS) is 21.1. The molecule has 1 aliphatic heterocycles. The summed E-state index contributed by atoms with van der Waals surface area (Å²) in [5, 5.41) is 5.83. The molecule has 1 fully saturated rings. The molecule has 3 rings (SSSR count). The summed E-state index contributed by atoms with van der Waals surface area (Å²) in [5.74, 6) is -3.13. The fourth-order valence-electron chi connectivity index (χ4n) is 3.21. The van der Waals surface area contributed by atoms with Crippen molar-refractivity contribution in [1.82, 2.24) is 15.6 Å². The lowest BCUT2D eigenvalue weighted by atomic mass is 9.88. The van der Waals surface area contributed by atoms with Crippen molar-refractivity contribution in [2.24, 2.45) is 5.92 Å². The Morgan fingerprint density at radius 3 is 2.64 bits per heavy atom. The summed E-state index contributed by atoms with van der Waals surface area (Å²) in [6.07, 6.45) is 1.34. The second-order valence-electron chi connectivity index (χ2n) is 6.19. The monoisotopic (exact) mass is 349 g/mol. The quantitative estimate of drug-likeness (QED) is 0.835. The molecule has 1 aromatic heterocycles. The Balaban J connectivity index is 1.76. The zero-order valence-corrected chi connectivity index (χ0v) is 13.6. The van der Waals surface area contributed by atoms with Gasteiger partial charge < -0.3 is 10.6 Å². The average Bonchev–Trinajstić information content (AvgIpc) is 3.04. The number of halogens is 3. The summed E-state index contributed by atoms with van der Waals surface area (Å²) in [6.45, 7) is 2.49. The Kier molecular flexibility index (Phi) is 5.03. The maximum absolute atomic E-state index is 13.7. The largest absolute Gasteiger partial charge is 0.349 e. The van der Waals surface area contributed by atoms with Crippen LogP contribution in [0.3, 0.4) is 0 Å². The van der Waals surface area contributed by atoms with Crippen LogP contribution in [0.15, 0.2) is 36.5 Å². The van der Waals surface area contributed by atoms with Crippen LogP contribution in [0.5, 0.6) is 0 Å². The number of benzene rings is 1. The van der Waals surface area contributed by atoms with Crippen LogP contribution >= 0.6 is 0 Å². The number of carbonyl (C=O) groups excluding carboxylic acids is 1. The van der Waals surface area contributed by atoms with Crippen LogP contribution < -0.4 is 10.6 Å². The van der Waals surface area contributed by atoms with Gasteiger partial charge in [0.25, 0.3) is 0 Å². The molecule has 2 heterocycles. The molecule has 0 bridgehead atoms. The molecule has 1 aromatic carbocycles. The Morgan fingerprint density at radius 2 is 1.96 bits per heavy atom. The predicted octanol–water partition coefficient (Wildman–Crippen LogP) is 2.68. The van der Waals surface area contributed by atoms with Gasteiger partial charge in [-0.2, -0.15) is 4.39 Å². The first kappa shape index (κ1) is 17.4. The number of nitrogens with one attached hydrogen (secondary N) is 2. The van der Waals surface area contributed by atoms with Crippen molar-refractivity contribution in [3.63, 3.8) is 0 Å². The number of pyridine rings is 1. The Hall–Kier alpha value is -2.41. The highest BCUT2D eigenvalue weighted by Gasteiger charge is 2.35. The third kappa shape index (κ3) is 3.82. The van der Waals surface area contributed by atoms with Crippen LogP contribution in [0.25, 0.3) is 0 Å². The minimum Gasteiger partial charge on any atom is -0.349 e. The van der Waals surface area contributed by atoms with E-state index in [1.807, 2.05) is 0 Å². The van der Waals surface area contributed by atoms with Crippen LogP contribution in [-0.4, -0.2) is 24.0 Å². The Labute approximate surface area is 143 Å². The lowest BCUT2D eigenvalue weighted by Gasteiger charge is -2.22. The van der Waals surface area contributed by atoms with Crippen LogP contribution in [0.2, 0.25) is 0 Å². The summed E-state index contributed by atoms with van der Waals surface area (Å²) < 4.78 is 40.7. The zero-order valence-electron chi connectivity index (χ0n) is 13.6. The van der Waals surface area contributed by atoms with E-state index in [9.17, 15) is 18.0 Å². The standard InChI is InChI=1S/C18H18F3N3O/c1-10(14-3-2-4-23-17(14)21)24-18(25)16-9-22-8-15(16)11-5-12(19)7-13(20)6-11/h2-7,10,15-16,22H,8-9H2,1H3,(H,24,25)/t10?,15-,16+/m0/s1. The van der Waals surface area contributed by atoms with Gasteiger partial charge in [-0.15, -0.1) is 0 Å². The minimum absolute atomic E-state index is 0.287. The van der Waals surface area contributed by atoms with Crippen molar-refractivity contribution in [3.05, 3.63) is 65.2 Å². The summed E-state index contributed by atoms with van der Waals surface area (Å²) in [5.41, 5.74) is 0.720. The topological polar surface area (TPSA) is 54.0 Å². The number of aromatic nitrogens is 1. The Morgan fingerprint density at radius 1 is 1.24 bits per heavy atom. The van der Waals surface area contributed by atoms with E-state index in [2.05, 4.69) is 15.6 Å². The molecule has 7 heteroatoms. The van der Waals surface area contributed by atoms with Gasteiger partial charge in [0, 0.05) is 36.8 Å². The molecule has 1 saturated heterocycles. The zero-order chi connectivity index (χ0) is 18.0. The lowest BCUT2D eigenvalue weighted by molar-refractivity contribution is -0.125. The maximum atomic E-state index is 13.7. The molecule has 3 atom stereocenters. The maximum Gasteiger partial charge on any atom is 0.225 e. The van der Waals surface area contributed by atoms with Gasteiger partial charge in [0.05, 0.1) is 12.0 Å². The summed E-state index contributed by atoms with van der Waals surface area (Å²) in [7, 11) is 0. The van der Waals surface area contributed by atoms with Gasteiger partial charge in [0.1, 0.15) is 11.6 Å². The molecule has 4 nitrogen and oxygen atoms in total. The molecule has 2 aromatic rings. The highest BCUT2D eigenvalue weighted by atomic mass is 19.1. The van der Waals surface area contributed by atoms with Crippen molar-refractivity contribution in [2.75, 3.05) is 13.1 Å². The summed E-state index contributed by atoms with van der Waals surface area (Å²) >= 11 is 0. The molecule has 1 amide bonds. The van der Waals surface area contributed by atoms with Crippen LogP contribution in [-0.2, 0) is 4.79 Å². The van der Waals surface area contributed by atoms with E-state index in [0.29, 0.717) is 18.7 Å². The third-order valence-electron chi connectivity index (χ3n) is 4.48. The lowest BCUT2D eigenvalue weighted by Crippen LogP contribution is -2.36. The average molecular weight is 349 g/mol. The number of rotatable bonds is 4. The molecule has 2 N–H and O–H groups in total. The number of nitrogens with zero attached hydrogens (tertiary/aromatic N) is 1. The van der Waals surface area contributed by atoms with Crippen LogP contribution in [0.1, 0.15) is 30.0 Å². The molecule has 0 saturated carbocycles.